The van der Waals surface area contributed by atoms with Crippen LogP contribution < -0.4 is 5.32 Å². The zero-order valence-electron chi connectivity index (χ0n) is 9.61. The smallest absolute Gasteiger partial charge is 0.251 e. The number of carbonyl (C=O) groups is 1. The van der Waals surface area contributed by atoms with Gasteiger partial charge >= 0.3 is 0 Å². The number of phenolic OH excluding ortho intramolecular Hbond substituents is 1. The first-order valence-electron chi connectivity index (χ1n) is 5.54. The van der Waals surface area contributed by atoms with Crippen molar-refractivity contribution in [2.45, 2.75) is 12.5 Å². The van der Waals surface area contributed by atoms with E-state index in [-0.39, 0.29) is 22.7 Å². The maximum atomic E-state index is 11.9. The largest absolute Gasteiger partial charge is 0.506 e. The Morgan fingerprint density at radius 3 is 2.94 bits per heavy atom. The second kappa shape index (κ2) is 4.94. The number of amides is 1. The van der Waals surface area contributed by atoms with Crippen LogP contribution in [0.25, 0.3) is 0 Å². The number of rotatable bonds is 2. The molecule has 1 aromatic carbocycles. The molecule has 4 nitrogen and oxygen atoms in total. The number of hydrogen-bond acceptors (Lipinski definition) is 3. The Balaban J connectivity index is 2.02. The predicted molar refractivity (Wildman–Crippen MR) is 66.5 cm³/mol. The SMILES string of the molecule is CN1CCC(NC(=O)c2ccc(O)c(Cl)c2)C1. The van der Waals surface area contributed by atoms with Crippen LogP contribution in [0.3, 0.4) is 0 Å². The third-order valence-electron chi connectivity index (χ3n) is 2.94. The molecular weight excluding hydrogens is 240 g/mol. The Kier molecular flexibility index (Phi) is 3.54. The van der Waals surface area contributed by atoms with E-state index in [1.54, 1.807) is 6.07 Å². The lowest BCUT2D eigenvalue weighted by molar-refractivity contribution is 0.0938. The molecule has 2 rings (SSSR count). The van der Waals surface area contributed by atoms with E-state index in [1.165, 1.54) is 12.1 Å². The number of likely N-dealkylation sites (N-methyl/N-ethyl adjacent to an activating group) is 1. The van der Waals surface area contributed by atoms with Crippen molar-refractivity contribution < 1.29 is 9.90 Å². The first kappa shape index (κ1) is 12.2. The van der Waals surface area contributed by atoms with Gasteiger partial charge in [-0.1, -0.05) is 11.6 Å². The second-order valence-electron chi connectivity index (χ2n) is 4.39. The Labute approximate surface area is 105 Å². The van der Waals surface area contributed by atoms with Crippen LogP contribution in [0, 0.1) is 0 Å². The highest BCUT2D eigenvalue weighted by Crippen LogP contribution is 2.23. The summed E-state index contributed by atoms with van der Waals surface area (Å²) in [5, 5.41) is 12.4. The summed E-state index contributed by atoms with van der Waals surface area (Å²) in [7, 11) is 2.03. The van der Waals surface area contributed by atoms with Crippen LogP contribution in [-0.4, -0.2) is 42.1 Å². The standard InChI is InChI=1S/C12H15ClN2O2/c1-15-5-4-9(7-15)14-12(17)8-2-3-11(16)10(13)6-8/h2-3,6,9,16H,4-5,7H2,1H3,(H,14,17). The number of nitrogens with one attached hydrogen (secondary N) is 1. The summed E-state index contributed by atoms with van der Waals surface area (Å²) in [6, 6.07) is 4.66. The third-order valence-corrected chi connectivity index (χ3v) is 3.24. The minimum absolute atomic E-state index is 0.0104. The van der Waals surface area contributed by atoms with Gasteiger partial charge in [-0.2, -0.15) is 0 Å². The molecule has 2 N–H and O–H groups in total. The number of hydrogen-bond donors (Lipinski definition) is 2. The van der Waals surface area contributed by atoms with Crippen molar-refractivity contribution in [3.63, 3.8) is 0 Å². The predicted octanol–water partition coefficient (Wildman–Crippen LogP) is 1.48. The molecule has 92 valence electrons. The van der Waals surface area contributed by atoms with E-state index in [9.17, 15) is 9.90 Å². The molecule has 1 unspecified atom stereocenters. The fourth-order valence-corrected chi connectivity index (χ4v) is 2.15. The zero-order chi connectivity index (χ0) is 12.4. The van der Waals surface area contributed by atoms with Crippen LogP contribution in [0.2, 0.25) is 5.02 Å². The molecule has 1 aliphatic rings. The molecule has 1 heterocycles. The van der Waals surface area contributed by atoms with Gasteiger partial charge in [0, 0.05) is 18.2 Å². The van der Waals surface area contributed by atoms with Crippen LogP contribution in [0.5, 0.6) is 5.75 Å². The van der Waals surface area contributed by atoms with Gasteiger partial charge in [-0.25, -0.2) is 0 Å². The van der Waals surface area contributed by atoms with E-state index in [4.69, 9.17) is 11.6 Å². The molecule has 5 heteroatoms. The number of benzene rings is 1. The first-order valence-corrected chi connectivity index (χ1v) is 5.92. The van der Waals surface area contributed by atoms with E-state index < -0.39 is 0 Å². The number of aromatic hydroxyl groups is 1. The molecule has 17 heavy (non-hydrogen) atoms. The summed E-state index contributed by atoms with van der Waals surface area (Å²) < 4.78 is 0. The van der Waals surface area contributed by atoms with E-state index in [1.807, 2.05) is 7.05 Å². The molecule has 0 saturated carbocycles. The molecule has 1 amide bonds. The molecule has 1 fully saturated rings. The minimum atomic E-state index is -0.146. The number of nitrogens with zero attached hydrogens (tertiary/aromatic N) is 1. The van der Waals surface area contributed by atoms with Crippen molar-refractivity contribution in [2.75, 3.05) is 20.1 Å². The molecule has 0 radical (unpaired) electrons. The number of carbonyl (C=O) groups excluding carboxylic acids is 1. The van der Waals surface area contributed by atoms with Gasteiger partial charge in [-0.3, -0.25) is 4.79 Å². The van der Waals surface area contributed by atoms with Crippen molar-refractivity contribution >= 4 is 17.5 Å². The van der Waals surface area contributed by atoms with Gasteiger partial charge in [0.1, 0.15) is 5.75 Å². The zero-order valence-corrected chi connectivity index (χ0v) is 10.4. The van der Waals surface area contributed by atoms with Crippen LogP contribution in [0.15, 0.2) is 18.2 Å². The average molecular weight is 255 g/mol. The quantitative estimate of drug-likeness (QED) is 0.841. The number of likely N-dealkylation sites (tertiary alicyclic amines) is 1. The molecule has 1 saturated heterocycles. The second-order valence-corrected chi connectivity index (χ2v) is 4.79. The molecular formula is C12H15ClN2O2. The lowest BCUT2D eigenvalue weighted by atomic mass is 10.2. The monoisotopic (exact) mass is 254 g/mol. The van der Waals surface area contributed by atoms with Crippen LogP contribution in [0.1, 0.15) is 16.8 Å². The highest BCUT2D eigenvalue weighted by atomic mass is 35.5. The van der Waals surface area contributed by atoms with Gasteiger partial charge in [-0.15, -0.1) is 0 Å². The summed E-state index contributed by atoms with van der Waals surface area (Å²) in [4.78, 5) is 14.1. The Bertz CT molecular complexity index is 437. The third kappa shape index (κ3) is 2.90. The minimum Gasteiger partial charge on any atom is -0.506 e. The lowest BCUT2D eigenvalue weighted by Crippen LogP contribution is -2.36. The van der Waals surface area contributed by atoms with Crippen molar-refractivity contribution in [3.05, 3.63) is 28.8 Å². The van der Waals surface area contributed by atoms with Crippen LogP contribution in [-0.2, 0) is 0 Å². The van der Waals surface area contributed by atoms with Crippen LogP contribution >= 0.6 is 11.6 Å². The Hall–Kier alpha value is -1.26. The van der Waals surface area contributed by atoms with Crippen molar-refractivity contribution in [2.24, 2.45) is 0 Å². The molecule has 0 bridgehead atoms. The Morgan fingerprint density at radius 2 is 2.35 bits per heavy atom. The van der Waals surface area contributed by atoms with E-state index >= 15 is 0 Å². The van der Waals surface area contributed by atoms with Gasteiger partial charge in [0.2, 0.25) is 0 Å². The molecule has 0 aliphatic carbocycles. The van der Waals surface area contributed by atoms with Gasteiger partial charge in [0.25, 0.3) is 5.91 Å². The highest BCUT2D eigenvalue weighted by molar-refractivity contribution is 6.32. The van der Waals surface area contributed by atoms with Gasteiger partial charge in [0.05, 0.1) is 5.02 Å². The fourth-order valence-electron chi connectivity index (χ4n) is 1.97. The maximum Gasteiger partial charge on any atom is 0.251 e. The van der Waals surface area contributed by atoms with Crippen molar-refractivity contribution in [3.8, 4) is 5.75 Å². The highest BCUT2D eigenvalue weighted by Gasteiger charge is 2.21. The number of phenols is 1. The topological polar surface area (TPSA) is 52.6 Å². The first-order chi connectivity index (χ1) is 8.06. The summed E-state index contributed by atoms with van der Waals surface area (Å²) in [6.07, 6.45) is 0.966. The van der Waals surface area contributed by atoms with E-state index in [0.29, 0.717) is 5.56 Å². The number of halogens is 1. The molecule has 1 aromatic rings. The van der Waals surface area contributed by atoms with Crippen LogP contribution in [0.4, 0.5) is 0 Å². The summed E-state index contributed by atoms with van der Waals surface area (Å²) in [5.74, 6) is -0.156. The summed E-state index contributed by atoms with van der Waals surface area (Å²) in [6.45, 7) is 1.87. The average Bonchev–Trinajstić information content (AvgIpc) is 2.68. The molecule has 0 spiro atoms. The molecule has 1 atom stereocenters. The van der Waals surface area contributed by atoms with E-state index in [2.05, 4.69) is 10.2 Å². The van der Waals surface area contributed by atoms with Gasteiger partial charge in [-0.05, 0) is 38.2 Å². The van der Waals surface area contributed by atoms with E-state index in [0.717, 1.165) is 19.5 Å². The summed E-state index contributed by atoms with van der Waals surface area (Å²) in [5.41, 5.74) is 0.474. The van der Waals surface area contributed by atoms with Crippen molar-refractivity contribution in [1.29, 1.82) is 0 Å². The normalized spacial score (nSPS) is 20.5. The summed E-state index contributed by atoms with van der Waals surface area (Å²) >= 11 is 5.76. The fraction of sp³-hybridized carbons (Fsp3) is 0.417. The van der Waals surface area contributed by atoms with Crippen molar-refractivity contribution in [1.82, 2.24) is 10.2 Å². The molecule has 1 aliphatic heterocycles. The maximum absolute atomic E-state index is 11.9. The lowest BCUT2D eigenvalue weighted by Gasteiger charge is -2.13. The Morgan fingerprint density at radius 1 is 1.59 bits per heavy atom. The van der Waals surface area contributed by atoms with Gasteiger partial charge < -0.3 is 15.3 Å². The molecule has 0 aromatic heterocycles. The van der Waals surface area contributed by atoms with Gasteiger partial charge in [0.15, 0.2) is 0 Å².